The van der Waals surface area contributed by atoms with Gasteiger partial charge in [0.1, 0.15) is 6.54 Å². The van der Waals surface area contributed by atoms with Crippen LogP contribution < -0.4 is 5.32 Å². The zero-order valence-corrected chi connectivity index (χ0v) is 15.4. The lowest BCUT2D eigenvalue weighted by Gasteiger charge is -2.04. The first-order valence-corrected chi connectivity index (χ1v) is 8.85. The fourth-order valence-corrected chi connectivity index (χ4v) is 2.44. The van der Waals surface area contributed by atoms with E-state index in [1.165, 1.54) is 6.08 Å². The number of amides is 1. The summed E-state index contributed by atoms with van der Waals surface area (Å²) in [5, 5.41) is 2.72. The summed E-state index contributed by atoms with van der Waals surface area (Å²) < 4.78 is 4.82. The van der Waals surface area contributed by atoms with Gasteiger partial charge >= 0.3 is 11.8 Å². The maximum atomic E-state index is 12.0. The van der Waals surface area contributed by atoms with Gasteiger partial charge in [0.25, 0.3) is 0 Å². The van der Waals surface area contributed by atoms with Gasteiger partial charge in [0.15, 0.2) is 0 Å². The monoisotopic (exact) mass is 366 g/mol. The molecule has 0 aliphatic heterocycles. The largest absolute Gasteiger partial charge is 0.463 e. The molecule has 0 radical (unpaired) electrons. The number of rotatable bonds is 9. The molecule has 0 unspecified atom stereocenters. The fraction of sp³-hybridized carbons (Fsp3) is 0.227. The third-order valence-electron chi connectivity index (χ3n) is 3.78. The van der Waals surface area contributed by atoms with Crippen LogP contribution in [0.3, 0.4) is 0 Å². The Morgan fingerprint density at radius 3 is 2.33 bits per heavy atom. The summed E-state index contributed by atoms with van der Waals surface area (Å²) in [6.07, 6.45) is 3.68. The minimum atomic E-state index is -0.382. The van der Waals surface area contributed by atoms with Gasteiger partial charge < -0.3 is 10.1 Å². The van der Waals surface area contributed by atoms with Gasteiger partial charge in [-0.25, -0.2) is 4.79 Å². The molecule has 0 aromatic heterocycles. The lowest BCUT2D eigenvalue weighted by molar-refractivity contribution is -0.137. The molecule has 5 heteroatoms. The van der Waals surface area contributed by atoms with E-state index in [0.29, 0.717) is 13.0 Å². The van der Waals surface area contributed by atoms with Crippen LogP contribution in [0.15, 0.2) is 60.7 Å². The van der Waals surface area contributed by atoms with Gasteiger partial charge in [0, 0.05) is 6.08 Å². The van der Waals surface area contributed by atoms with Crippen molar-refractivity contribution in [2.75, 3.05) is 13.2 Å². The number of esters is 1. The zero-order chi connectivity index (χ0) is 19.5. The molecule has 27 heavy (non-hydrogen) atoms. The van der Waals surface area contributed by atoms with E-state index in [4.69, 9.17) is 4.74 Å². The van der Waals surface area contributed by atoms with Crippen molar-refractivity contribution in [2.45, 2.75) is 19.8 Å². The summed E-state index contributed by atoms with van der Waals surface area (Å²) >= 11 is 0. The Bertz CT molecular complexity index is 795. The zero-order valence-electron chi connectivity index (χ0n) is 15.4. The standard InChI is InChI=1S/C22H23NO4/c1-2-27-22(26)13-12-17-8-10-19(11-9-17)15-21(25)23-16-20(24)14-18-6-4-3-5-7-18/h3-13H,2,14-16H2,1H3,(H,23,25)/p+1/b13-12+. The van der Waals surface area contributed by atoms with Crippen molar-refractivity contribution >= 4 is 23.7 Å². The van der Waals surface area contributed by atoms with Crippen LogP contribution in [-0.2, 0) is 27.2 Å². The van der Waals surface area contributed by atoms with E-state index in [2.05, 4.69) is 5.32 Å². The van der Waals surface area contributed by atoms with Crippen molar-refractivity contribution in [2.24, 2.45) is 0 Å². The number of benzene rings is 2. The van der Waals surface area contributed by atoms with Gasteiger partial charge in [-0.2, -0.15) is 0 Å². The number of carbonyl (C=O) groups is 2. The molecule has 0 saturated heterocycles. The van der Waals surface area contributed by atoms with Crippen molar-refractivity contribution in [1.82, 2.24) is 5.32 Å². The molecule has 2 aromatic carbocycles. The van der Waals surface area contributed by atoms with Gasteiger partial charge in [-0.3, -0.25) is 9.59 Å². The van der Waals surface area contributed by atoms with E-state index < -0.39 is 0 Å². The van der Waals surface area contributed by atoms with Gasteiger partial charge in [-0.15, -0.1) is 0 Å². The predicted molar refractivity (Wildman–Crippen MR) is 106 cm³/mol. The van der Waals surface area contributed by atoms with Crippen LogP contribution in [0.5, 0.6) is 0 Å². The fourth-order valence-electron chi connectivity index (χ4n) is 2.44. The third-order valence-corrected chi connectivity index (χ3v) is 3.78. The molecular weight excluding hydrogens is 342 g/mol. The minimum absolute atomic E-state index is 0.133. The Kier molecular flexibility index (Phi) is 7.97. The molecule has 140 valence electrons. The highest BCUT2D eigenvalue weighted by Gasteiger charge is 2.12. The van der Waals surface area contributed by atoms with Crippen LogP contribution in [0.1, 0.15) is 23.6 Å². The molecule has 0 bridgehead atoms. The summed E-state index contributed by atoms with van der Waals surface area (Å²) in [5.74, 6) is -0.328. The molecule has 5 nitrogen and oxygen atoms in total. The van der Waals surface area contributed by atoms with Crippen molar-refractivity contribution in [3.05, 3.63) is 77.4 Å². The van der Waals surface area contributed by atoms with Gasteiger partial charge in [-0.05, 0) is 29.7 Å². The van der Waals surface area contributed by atoms with Gasteiger partial charge in [0.05, 0.1) is 19.4 Å². The summed E-state index contributed by atoms with van der Waals surface area (Å²) in [6, 6.07) is 16.9. The summed E-state index contributed by atoms with van der Waals surface area (Å²) in [5.41, 5.74) is 2.69. The van der Waals surface area contributed by atoms with Crippen molar-refractivity contribution < 1.29 is 19.1 Å². The first kappa shape index (κ1) is 20.1. The molecule has 2 aromatic rings. The number of ether oxygens (including phenoxy) is 1. The molecule has 2 rings (SSSR count). The second kappa shape index (κ2) is 10.7. The van der Waals surface area contributed by atoms with E-state index in [1.54, 1.807) is 13.0 Å². The van der Waals surface area contributed by atoms with E-state index in [0.717, 1.165) is 16.7 Å². The Balaban J connectivity index is 1.76. The van der Waals surface area contributed by atoms with E-state index in [9.17, 15) is 14.4 Å². The summed E-state index contributed by atoms with van der Waals surface area (Å²) in [7, 11) is 0. The van der Waals surface area contributed by atoms with Gasteiger partial charge in [-0.1, -0.05) is 54.6 Å². The smallest absolute Gasteiger partial charge is 0.330 e. The lowest BCUT2D eigenvalue weighted by atomic mass is 10.1. The topological polar surface area (TPSA) is 76.8 Å². The third kappa shape index (κ3) is 7.69. The minimum Gasteiger partial charge on any atom is -0.463 e. The number of nitrogens with one attached hydrogen (secondary N) is 1. The molecular formula is C22H24NO4+. The SMILES string of the molecule is CCOC(=O)/C=C/c1ccc(CC(=O)NCC(=[OH+])Cc2ccccc2)cc1. The number of hydrogen-bond acceptors (Lipinski definition) is 3. The van der Waals surface area contributed by atoms with Crippen LogP contribution in [-0.4, -0.2) is 35.6 Å². The normalized spacial score (nSPS) is 10.6. The van der Waals surface area contributed by atoms with Crippen molar-refractivity contribution in [3.8, 4) is 0 Å². The van der Waals surface area contributed by atoms with Gasteiger partial charge in [0.2, 0.25) is 5.91 Å². The van der Waals surface area contributed by atoms with Crippen LogP contribution in [0, 0.1) is 0 Å². The van der Waals surface area contributed by atoms with Crippen LogP contribution >= 0.6 is 0 Å². The molecule has 0 saturated carbocycles. The maximum absolute atomic E-state index is 12.0. The highest BCUT2D eigenvalue weighted by Crippen LogP contribution is 2.07. The highest BCUT2D eigenvalue weighted by atomic mass is 16.5. The van der Waals surface area contributed by atoms with Crippen LogP contribution in [0.25, 0.3) is 6.08 Å². The summed E-state index contributed by atoms with van der Waals surface area (Å²) in [4.78, 5) is 33.3. The predicted octanol–water partition coefficient (Wildman–Crippen LogP) is 2.71. The molecule has 0 heterocycles. The van der Waals surface area contributed by atoms with E-state index in [-0.39, 0.29) is 30.6 Å². The quantitative estimate of drug-likeness (QED) is 0.421. The van der Waals surface area contributed by atoms with Crippen molar-refractivity contribution in [3.63, 3.8) is 0 Å². The molecule has 0 spiro atoms. The number of carbonyl (C=O) groups excluding carboxylic acids is 3. The molecule has 0 fully saturated rings. The molecule has 2 N–H and O–H groups in total. The molecule has 0 aliphatic carbocycles. The van der Waals surface area contributed by atoms with E-state index >= 15 is 0 Å². The lowest BCUT2D eigenvalue weighted by Crippen LogP contribution is -2.31. The Hall–Kier alpha value is -3.21. The molecule has 0 atom stereocenters. The number of ketones is 1. The Morgan fingerprint density at radius 2 is 1.67 bits per heavy atom. The first-order valence-electron chi connectivity index (χ1n) is 8.85. The van der Waals surface area contributed by atoms with Crippen molar-refractivity contribution in [1.29, 1.82) is 0 Å². The first-order chi connectivity index (χ1) is 13.1. The average Bonchev–Trinajstić information content (AvgIpc) is 2.67. The van der Waals surface area contributed by atoms with E-state index in [1.807, 2.05) is 54.6 Å². The second-order valence-electron chi connectivity index (χ2n) is 6.01. The van der Waals surface area contributed by atoms with Crippen LogP contribution in [0.2, 0.25) is 0 Å². The second-order valence-corrected chi connectivity index (χ2v) is 6.01. The number of hydrogen-bond donors (Lipinski definition) is 1. The Morgan fingerprint density at radius 1 is 1.00 bits per heavy atom. The maximum Gasteiger partial charge on any atom is 0.330 e. The molecule has 0 aliphatic rings. The highest BCUT2D eigenvalue weighted by molar-refractivity contribution is 5.89. The average molecular weight is 366 g/mol. The van der Waals surface area contributed by atoms with Crippen LogP contribution in [0.4, 0.5) is 0 Å². The summed E-state index contributed by atoms with van der Waals surface area (Å²) in [6.45, 7) is 2.23. The Labute approximate surface area is 159 Å². The molecule has 1 amide bonds.